The van der Waals surface area contributed by atoms with Gasteiger partial charge in [0.15, 0.2) is 0 Å². The highest BCUT2D eigenvalue weighted by Gasteiger charge is 2.31. The zero-order valence-corrected chi connectivity index (χ0v) is 14.1. The van der Waals surface area contributed by atoms with Gasteiger partial charge >= 0.3 is 0 Å². The van der Waals surface area contributed by atoms with Gasteiger partial charge in [0.25, 0.3) is 5.69 Å². The molecule has 1 amide bonds. The van der Waals surface area contributed by atoms with Crippen molar-refractivity contribution in [2.75, 3.05) is 18.1 Å². The number of furan rings is 1. The van der Waals surface area contributed by atoms with Crippen molar-refractivity contribution in [1.82, 2.24) is 4.90 Å². The molecule has 1 aromatic heterocycles. The molecule has 0 spiro atoms. The first kappa shape index (κ1) is 16.6. The fourth-order valence-corrected chi connectivity index (χ4v) is 3.93. The predicted molar refractivity (Wildman–Crippen MR) is 92.0 cm³/mol. The summed E-state index contributed by atoms with van der Waals surface area (Å²) in [6.45, 7) is 2.49. The van der Waals surface area contributed by atoms with Gasteiger partial charge in [0, 0.05) is 29.7 Å². The lowest BCUT2D eigenvalue weighted by Gasteiger charge is -2.34. The molecule has 1 aliphatic rings. The van der Waals surface area contributed by atoms with Crippen molar-refractivity contribution in [3.8, 4) is 0 Å². The number of nitrogens with zero attached hydrogens (tertiary/aromatic N) is 2. The average molecular weight is 346 g/mol. The molecule has 0 unspecified atom stereocenters. The van der Waals surface area contributed by atoms with Crippen LogP contribution in [0.5, 0.6) is 0 Å². The molecule has 0 aliphatic carbocycles. The van der Waals surface area contributed by atoms with Crippen molar-refractivity contribution >= 4 is 23.4 Å². The molecule has 0 saturated carbocycles. The number of carbonyl (C=O) groups excluding carboxylic acids is 1. The summed E-state index contributed by atoms with van der Waals surface area (Å²) >= 11 is 1.78. The lowest BCUT2D eigenvalue weighted by atomic mass is 10.1. The minimum absolute atomic E-state index is 0.0115. The maximum atomic E-state index is 12.8. The molecule has 1 fully saturated rings. The van der Waals surface area contributed by atoms with Crippen molar-refractivity contribution in [1.29, 1.82) is 0 Å². The largest absolute Gasteiger partial charge is 0.464 e. The number of nitro benzene ring substituents is 1. The van der Waals surface area contributed by atoms with Crippen LogP contribution < -0.4 is 0 Å². The van der Waals surface area contributed by atoms with E-state index < -0.39 is 4.92 Å². The number of hydrogen-bond acceptors (Lipinski definition) is 5. The highest BCUT2D eigenvalue weighted by atomic mass is 32.2. The number of hydrogen-bond donors (Lipinski definition) is 0. The number of benzene rings is 1. The molecule has 1 saturated heterocycles. The fraction of sp³-hybridized carbons (Fsp3) is 0.353. The van der Waals surface area contributed by atoms with Crippen molar-refractivity contribution in [2.45, 2.75) is 19.4 Å². The third-order valence-corrected chi connectivity index (χ3v) is 5.09. The van der Waals surface area contributed by atoms with E-state index in [1.54, 1.807) is 34.9 Å². The maximum Gasteiger partial charge on any atom is 0.273 e. The summed E-state index contributed by atoms with van der Waals surface area (Å²) in [4.78, 5) is 25.3. The van der Waals surface area contributed by atoms with Crippen molar-refractivity contribution in [3.63, 3.8) is 0 Å². The van der Waals surface area contributed by atoms with Gasteiger partial charge in [-0.2, -0.15) is 11.8 Å². The summed E-state index contributed by atoms with van der Waals surface area (Å²) in [5.74, 6) is 3.11. The van der Waals surface area contributed by atoms with Crippen LogP contribution in [-0.4, -0.2) is 33.8 Å². The second-order valence-corrected chi connectivity index (χ2v) is 6.84. The average Bonchev–Trinajstić information content (AvgIpc) is 3.01. The Morgan fingerprint density at radius 2 is 2.17 bits per heavy atom. The summed E-state index contributed by atoms with van der Waals surface area (Å²) in [6.07, 6.45) is 0.0258. The highest BCUT2D eigenvalue weighted by Crippen LogP contribution is 2.31. The van der Waals surface area contributed by atoms with Gasteiger partial charge in [-0.15, -0.1) is 0 Å². The maximum absolute atomic E-state index is 12.8. The third-order valence-electron chi connectivity index (χ3n) is 4.07. The predicted octanol–water partition coefficient (Wildman–Crippen LogP) is 3.36. The number of para-hydroxylation sites is 1. The van der Waals surface area contributed by atoms with Gasteiger partial charge in [0.05, 0.1) is 17.4 Å². The Bertz CT molecular complexity index is 759. The molecule has 7 heteroatoms. The summed E-state index contributed by atoms with van der Waals surface area (Å²) in [5, 5.41) is 11.1. The van der Waals surface area contributed by atoms with E-state index in [0.717, 1.165) is 23.0 Å². The molecule has 0 bridgehead atoms. The molecule has 0 N–H and O–H groups in total. The first-order valence-corrected chi connectivity index (χ1v) is 8.87. The van der Waals surface area contributed by atoms with Gasteiger partial charge < -0.3 is 9.32 Å². The number of amides is 1. The van der Waals surface area contributed by atoms with Gasteiger partial charge in [0.2, 0.25) is 5.91 Å². The van der Waals surface area contributed by atoms with E-state index in [9.17, 15) is 14.9 Å². The molecule has 3 rings (SSSR count). The van der Waals surface area contributed by atoms with Crippen LogP contribution in [0, 0.1) is 17.0 Å². The molecule has 24 heavy (non-hydrogen) atoms. The zero-order valence-electron chi connectivity index (χ0n) is 13.3. The molecule has 126 valence electrons. The van der Waals surface area contributed by atoms with Crippen LogP contribution in [0.3, 0.4) is 0 Å². The zero-order chi connectivity index (χ0) is 17.1. The summed E-state index contributed by atoms with van der Waals surface area (Å²) in [7, 11) is 0. The smallest absolute Gasteiger partial charge is 0.273 e. The van der Waals surface area contributed by atoms with E-state index in [0.29, 0.717) is 12.1 Å². The Hall–Kier alpha value is -2.28. The SMILES string of the molecule is Cc1ccc([C@@H]2CSCCN2C(=O)Cc2ccccc2[N+](=O)[O-])o1. The Morgan fingerprint density at radius 3 is 2.88 bits per heavy atom. The van der Waals surface area contributed by atoms with E-state index in [-0.39, 0.29) is 24.1 Å². The highest BCUT2D eigenvalue weighted by molar-refractivity contribution is 7.99. The van der Waals surface area contributed by atoms with E-state index in [1.165, 1.54) is 6.07 Å². The van der Waals surface area contributed by atoms with E-state index >= 15 is 0 Å². The van der Waals surface area contributed by atoms with Gasteiger partial charge in [-0.3, -0.25) is 14.9 Å². The topological polar surface area (TPSA) is 76.6 Å². The number of rotatable bonds is 4. The quantitative estimate of drug-likeness (QED) is 0.627. The summed E-state index contributed by atoms with van der Waals surface area (Å²) in [6, 6.07) is 10.1. The first-order valence-electron chi connectivity index (χ1n) is 7.72. The van der Waals surface area contributed by atoms with Crippen molar-refractivity contribution in [2.24, 2.45) is 0 Å². The number of thioether (sulfide) groups is 1. The van der Waals surface area contributed by atoms with Gasteiger partial charge in [0.1, 0.15) is 11.5 Å². The van der Waals surface area contributed by atoms with Crippen molar-refractivity contribution < 1.29 is 14.1 Å². The normalized spacial score (nSPS) is 17.7. The second-order valence-electron chi connectivity index (χ2n) is 5.69. The van der Waals surface area contributed by atoms with E-state index in [4.69, 9.17) is 4.42 Å². The lowest BCUT2D eigenvalue weighted by molar-refractivity contribution is -0.385. The Balaban J connectivity index is 1.81. The Kier molecular flexibility index (Phi) is 4.89. The van der Waals surface area contributed by atoms with Gasteiger partial charge in [-0.05, 0) is 19.1 Å². The number of aryl methyl sites for hydroxylation is 1. The van der Waals surface area contributed by atoms with Crippen LogP contribution in [0.4, 0.5) is 5.69 Å². The molecule has 2 heterocycles. The van der Waals surface area contributed by atoms with Crippen LogP contribution in [0.2, 0.25) is 0 Å². The second kappa shape index (κ2) is 7.09. The Morgan fingerprint density at radius 1 is 1.38 bits per heavy atom. The number of nitro groups is 1. The molecule has 0 radical (unpaired) electrons. The molecule has 2 aromatic rings. The number of carbonyl (C=O) groups is 1. The Labute approximate surface area is 144 Å². The van der Waals surface area contributed by atoms with Crippen LogP contribution in [0.25, 0.3) is 0 Å². The molecule has 1 atom stereocenters. The third kappa shape index (κ3) is 3.46. The van der Waals surface area contributed by atoms with Crippen molar-refractivity contribution in [3.05, 3.63) is 63.6 Å². The lowest BCUT2D eigenvalue weighted by Crippen LogP contribution is -2.41. The molecular weight excluding hydrogens is 328 g/mol. The van der Waals surface area contributed by atoms with Crippen LogP contribution >= 0.6 is 11.8 Å². The first-order chi connectivity index (χ1) is 11.6. The van der Waals surface area contributed by atoms with Crippen LogP contribution in [-0.2, 0) is 11.2 Å². The summed E-state index contributed by atoms with van der Waals surface area (Å²) < 4.78 is 5.70. The molecule has 1 aliphatic heterocycles. The van der Waals surface area contributed by atoms with Gasteiger partial charge in [-0.1, -0.05) is 18.2 Å². The summed E-state index contributed by atoms with van der Waals surface area (Å²) in [5.41, 5.74) is 0.433. The van der Waals surface area contributed by atoms with Gasteiger partial charge in [-0.25, -0.2) is 0 Å². The standard InChI is InChI=1S/C17H18N2O4S/c1-12-6-7-16(23-12)15-11-24-9-8-18(15)17(20)10-13-4-2-3-5-14(13)19(21)22/h2-7,15H,8-11H2,1H3/t15-/m0/s1. The molecular formula is C17H18N2O4S. The monoisotopic (exact) mass is 346 g/mol. The minimum Gasteiger partial charge on any atom is -0.464 e. The van der Waals surface area contributed by atoms with E-state index in [2.05, 4.69) is 0 Å². The van der Waals surface area contributed by atoms with Crippen LogP contribution in [0.1, 0.15) is 23.1 Å². The molecule has 1 aromatic carbocycles. The van der Waals surface area contributed by atoms with Crippen LogP contribution in [0.15, 0.2) is 40.8 Å². The van der Waals surface area contributed by atoms with E-state index in [1.807, 2.05) is 19.1 Å². The molecule has 6 nitrogen and oxygen atoms in total. The minimum atomic E-state index is -0.442. The fourth-order valence-electron chi connectivity index (χ4n) is 2.87.